The summed E-state index contributed by atoms with van der Waals surface area (Å²) in [6.07, 6.45) is 0.670. The summed E-state index contributed by atoms with van der Waals surface area (Å²) < 4.78 is 0. The number of nitrogens with one attached hydrogen (secondary N) is 1. The van der Waals surface area contributed by atoms with Crippen molar-refractivity contribution in [3.8, 4) is 6.07 Å². The lowest BCUT2D eigenvalue weighted by molar-refractivity contribution is 0.613. The van der Waals surface area contributed by atoms with Gasteiger partial charge in [0.1, 0.15) is 0 Å². The molecule has 0 aliphatic rings. The molecule has 3 nitrogen and oxygen atoms in total. The molecule has 0 aliphatic heterocycles. The van der Waals surface area contributed by atoms with E-state index in [9.17, 15) is 10.1 Å². The largest absolute Gasteiger partial charge is 0.322 e. The summed E-state index contributed by atoms with van der Waals surface area (Å²) in [5, 5.41) is 10.7. The Morgan fingerprint density at radius 1 is 1.22 bits per heavy atom. The Balaban J connectivity index is 2.07. The maximum absolute atomic E-state index is 11.8. The van der Waals surface area contributed by atoms with E-state index in [2.05, 4.69) is 30.1 Å². The summed E-state index contributed by atoms with van der Waals surface area (Å²) >= 11 is 1.72. The van der Waals surface area contributed by atoms with Gasteiger partial charge in [-0.3, -0.25) is 4.79 Å². The number of nitrogens with zero attached hydrogens (tertiary/aromatic N) is 1. The number of hydrogen-bond donors (Lipinski definition) is 1. The van der Waals surface area contributed by atoms with Crippen LogP contribution in [0.15, 0.2) is 41.2 Å². The molecule has 0 spiro atoms. The highest BCUT2D eigenvalue weighted by molar-refractivity contribution is 7.11. The molecule has 0 bridgehead atoms. The number of nitriles is 1. The Morgan fingerprint density at radius 2 is 2.00 bits per heavy atom. The van der Waals surface area contributed by atoms with E-state index >= 15 is 0 Å². The molecule has 0 aliphatic carbocycles. The molecule has 3 aromatic rings. The summed E-state index contributed by atoms with van der Waals surface area (Å²) in [5.74, 6) is 0. The standard InChI is InChI=1S/C19H18N2OS/c1-12-8-14-5-6-15(9-17(14)21-18(12)22)19(3,11-20)10-16-7-4-13(2)23-16/h4-9H,10H2,1-3H3,(H,21,22). The van der Waals surface area contributed by atoms with Crippen molar-refractivity contribution < 1.29 is 0 Å². The van der Waals surface area contributed by atoms with Gasteiger partial charge < -0.3 is 4.98 Å². The molecule has 1 aromatic carbocycles. The number of rotatable bonds is 3. The van der Waals surface area contributed by atoms with Gasteiger partial charge in [-0.05, 0) is 56.0 Å². The molecule has 1 unspecified atom stereocenters. The molecular weight excluding hydrogens is 304 g/mol. The lowest BCUT2D eigenvalue weighted by atomic mass is 9.80. The van der Waals surface area contributed by atoms with E-state index in [1.54, 1.807) is 18.3 Å². The van der Waals surface area contributed by atoms with Gasteiger partial charge in [0.25, 0.3) is 5.56 Å². The maximum Gasteiger partial charge on any atom is 0.251 e. The average Bonchev–Trinajstić information content (AvgIpc) is 2.92. The van der Waals surface area contributed by atoms with E-state index in [-0.39, 0.29) is 5.56 Å². The minimum absolute atomic E-state index is 0.0813. The maximum atomic E-state index is 11.8. The number of fused-ring (bicyclic) bond motifs is 1. The zero-order valence-electron chi connectivity index (χ0n) is 13.4. The zero-order chi connectivity index (χ0) is 16.6. The molecule has 3 rings (SSSR count). The molecular formula is C19H18N2OS. The Morgan fingerprint density at radius 3 is 2.65 bits per heavy atom. The van der Waals surface area contributed by atoms with Crippen LogP contribution in [0.5, 0.6) is 0 Å². The Labute approximate surface area is 139 Å². The second-order valence-electron chi connectivity index (χ2n) is 6.22. The molecule has 0 saturated carbocycles. The first-order chi connectivity index (χ1) is 10.9. The number of H-pyrrole nitrogens is 1. The Kier molecular flexibility index (Phi) is 3.83. The zero-order valence-corrected chi connectivity index (χ0v) is 14.3. The van der Waals surface area contributed by atoms with Crippen molar-refractivity contribution in [3.05, 3.63) is 67.6 Å². The monoisotopic (exact) mass is 322 g/mol. The van der Waals surface area contributed by atoms with Crippen LogP contribution in [0.25, 0.3) is 10.9 Å². The molecule has 0 radical (unpaired) electrons. The number of aromatic amines is 1. The SMILES string of the molecule is Cc1ccc(CC(C)(C#N)c2ccc3cc(C)c(=O)[nH]c3c2)s1. The Hall–Kier alpha value is -2.38. The van der Waals surface area contributed by atoms with Crippen LogP contribution in [0.1, 0.15) is 27.8 Å². The highest BCUT2D eigenvalue weighted by atomic mass is 32.1. The normalized spacial score (nSPS) is 13.7. The van der Waals surface area contributed by atoms with Gasteiger partial charge in [-0.1, -0.05) is 12.1 Å². The van der Waals surface area contributed by atoms with Crippen molar-refractivity contribution in [3.63, 3.8) is 0 Å². The van der Waals surface area contributed by atoms with Crippen molar-refractivity contribution in [2.45, 2.75) is 32.6 Å². The van der Waals surface area contributed by atoms with E-state index in [0.29, 0.717) is 12.0 Å². The van der Waals surface area contributed by atoms with E-state index in [4.69, 9.17) is 0 Å². The van der Waals surface area contributed by atoms with E-state index in [1.807, 2.05) is 31.2 Å². The fourth-order valence-corrected chi connectivity index (χ4v) is 3.83. The quantitative estimate of drug-likeness (QED) is 0.784. The molecule has 0 fully saturated rings. The minimum atomic E-state index is -0.618. The first-order valence-electron chi connectivity index (χ1n) is 7.52. The third-order valence-electron chi connectivity index (χ3n) is 4.24. The van der Waals surface area contributed by atoms with Crippen molar-refractivity contribution in [2.75, 3.05) is 0 Å². The number of pyridine rings is 1. The van der Waals surface area contributed by atoms with Gasteiger partial charge in [0, 0.05) is 27.3 Å². The van der Waals surface area contributed by atoms with Gasteiger partial charge in [-0.25, -0.2) is 0 Å². The summed E-state index contributed by atoms with van der Waals surface area (Å²) in [6.45, 7) is 5.82. The third-order valence-corrected chi connectivity index (χ3v) is 5.24. The second-order valence-corrected chi connectivity index (χ2v) is 7.59. The number of benzene rings is 1. The van der Waals surface area contributed by atoms with Crippen molar-refractivity contribution in [1.29, 1.82) is 5.26 Å². The topological polar surface area (TPSA) is 56.6 Å². The highest BCUT2D eigenvalue weighted by Gasteiger charge is 2.28. The second kappa shape index (κ2) is 5.68. The summed E-state index contributed by atoms with van der Waals surface area (Å²) in [5.41, 5.74) is 1.71. The first-order valence-corrected chi connectivity index (χ1v) is 8.34. The molecule has 0 amide bonds. The van der Waals surface area contributed by atoms with Gasteiger partial charge in [-0.2, -0.15) is 5.26 Å². The number of aryl methyl sites for hydroxylation is 2. The van der Waals surface area contributed by atoms with Crippen LogP contribution in [-0.2, 0) is 11.8 Å². The van der Waals surface area contributed by atoms with Gasteiger partial charge in [0.05, 0.1) is 11.5 Å². The number of aromatic nitrogens is 1. The molecule has 1 N–H and O–H groups in total. The van der Waals surface area contributed by atoms with Gasteiger partial charge in [-0.15, -0.1) is 11.3 Å². The average molecular weight is 322 g/mol. The van der Waals surface area contributed by atoms with Crippen molar-refractivity contribution >= 4 is 22.2 Å². The molecule has 4 heteroatoms. The van der Waals surface area contributed by atoms with E-state index in [1.165, 1.54) is 9.75 Å². The molecule has 2 heterocycles. The highest BCUT2D eigenvalue weighted by Crippen LogP contribution is 2.31. The summed E-state index contributed by atoms with van der Waals surface area (Å²) in [7, 11) is 0. The van der Waals surface area contributed by atoms with Crippen LogP contribution in [0.3, 0.4) is 0 Å². The third kappa shape index (κ3) is 2.93. The van der Waals surface area contributed by atoms with Gasteiger partial charge in [0.2, 0.25) is 0 Å². The van der Waals surface area contributed by atoms with Crippen LogP contribution in [-0.4, -0.2) is 4.98 Å². The summed E-state index contributed by atoms with van der Waals surface area (Å²) in [6, 6.07) is 14.4. The lowest BCUT2D eigenvalue weighted by Gasteiger charge is -2.22. The van der Waals surface area contributed by atoms with Crippen molar-refractivity contribution in [2.24, 2.45) is 0 Å². The van der Waals surface area contributed by atoms with Crippen molar-refractivity contribution in [1.82, 2.24) is 4.98 Å². The fourth-order valence-electron chi connectivity index (χ4n) is 2.79. The minimum Gasteiger partial charge on any atom is -0.322 e. The van der Waals surface area contributed by atoms with Crippen LogP contribution in [0.4, 0.5) is 0 Å². The van der Waals surface area contributed by atoms with E-state index < -0.39 is 5.41 Å². The smallest absolute Gasteiger partial charge is 0.251 e. The van der Waals surface area contributed by atoms with Gasteiger partial charge in [0.15, 0.2) is 0 Å². The molecule has 116 valence electrons. The lowest BCUT2D eigenvalue weighted by Crippen LogP contribution is -2.22. The van der Waals surface area contributed by atoms with E-state index in [0.717, 1.165) is 16.5 Å². The number of hydrogen-bond acceptors (Lipinski definition) is 3. The van der Waals surface area contributed by atoms with Crippen LogP contribution in [0, 0.1) is 25.2 Å². The molecule has 2 aromatic heterocycles. The molecule has 23 heavy (non-hydrogen) atoms. The van der Waals surface area contributed by atoms with Gasteiger partial charge >= 0.3 is 0 Å². The number of thiophene rings is 1. The molecule has 1 atom stereocenters. The molecule has 0 saturated heterocycles. The first kappa shape index (κ1) is 15.5. The van der Waals surface area contributed by atoms with Crippen LogP contribution in [0.2, 0.25) is 0 Å². The summed E-state index contributed by atoms with van der Waals surface area (Å²) in [4.78, 5) is 17.2. The van der Waals surface area contributed by atoms with Crippen LogP contribution < -0.4 is 5.56 Å². The van der Waals surface area contributed by atoms with Crippen LogP contribution >= 0.6 is 11.3 Å². The fraction of sp³-hybridized carbons (Fsp3) is 0.263. The Bertz CT molecular complexity index is 977. The predicted octanol–water partition coefficient (Wildman–Crippen LogP) is 4.23. The predicted molar refractivity (Wildman–Crippen MR) is 95.0 cm³/mol.